The first-order chi connectivity index (χ1) is 10.1. The molecule has 3 aromatic rings. The maximum Gasteiger partial charge on any atom is 0.185 e. The van der Waals surface area contributed by atoms with Gasteiger partial charge in [-0.1, -0.05) is 48.0 Å². The van der Waals surface area contributed by atoms with Crippen molar-refractivity contribution < 1.29 is 4.79 Å². The molecule has 0 aliphatic carbocycles. The number of para-hydroxylation sites is 1. The largest absolute Gasteiger partial charge is 0.292 e. The van der Waals surface area contributed by atoms with Gasteiger partial charge in [0.05, 0.1) is 5.52 Å². The average molecular weight is 275 g/mol. The zero-order valence-electron chi connectivity index (χ0n) is 12.3. The van der Waals surface area contributed by atoms with Crippen molar-refractivity contribution in [3.63, 3.8) is 0 Å². The van der Waals surface area contributed by atoms with Crippen LogP contribution in [-0.4, -0.2) is 10.8 Å². The van der Waals surface area contributed by atoms with E-state index < -0.39 is 0 Å². The fourth-order valence-corrected chi connectivity index (χ4v) is 2.47. The molecule has 3 rings (SSSR count). The van der Waals surface area contributed by atoms with Crippen LogP contribution in [0.15, 0.2) is 54.6 Å². The fraction of sp³-hybridized carbons (Fsp3) is 0.158. The van der Waals surface area contributed by atoms with E-state index in [0.717, 1.165) is 22.0 Å². The van der Waals surface area contributed by atoms with Gasteiger partial charge in [0.1, 0.15) is 5.69 Å². The van der Waals surface area contributed by atoms with Crippen LogP contribution in [0.3, 0.4) is 0 Å². The van der Waals surface area contributed by atoms with Gasteiger partial charge in [0.15, 0.2) is 5.78 Å². The summed E-state index contributed by atoms with van der Waals surface area (Å²) in [7, 11) is 0. The van der Waals surface area contributed by atoms with Crippen LogP contribution in [0, 0.1) is 13.8 Å². The van der Waals surface area contributed by atoms with Crippen molar-refractivity contribution in [2.75, 3.05) is 0 Å². The van der Waals surface area contributed by atoms with Crippen LogP contribution < -0.4 is 0 Å². The molecule has 1 heterocycles. The number of nitrogens with zero attached hydrogens (tertiary/aromatic N) is 1. The molecule has 0 aliphatic rings. The standard InChI is InChI=1S/C19H17NO/c1-13-7-9-15(10-8-13)12-19(21)18-11-14(2)16-5-3-4-6-17(16)20-18/h3-11H,12H2,1-2H3. The van der Waals surface area contributed by atoms with Crippen LogP contribution in [0.5, 0.6) is 0 Å². The Hall–Kier alpha value is -2.48. The summed E-state index contributed by atoms with van der Waals surface area (Å²) in [6.07, 6.45) is 0.394. The summed E-state index contributed by atoms with van der Waals surface area (Å²) in [5.74, 6) is 0.0627. The first-order valence-electron chi connectivity index (χ1n) is 7.08. The van der Waals surface area contributed by atoms with Gasteiger partial charge in [0.25, 0.3) is 0 Å². The normalized spacial score (nSPS) is 10.8. The van der Waals surface area contributed by atoms with Crippen LogP contribution in [0.2, 0.25) is 0 Å². The monoisotopic (exact) mass is 275 g/mol. The lowest BCUT2D eigenvalue weighted by molar-refractivity contribution is 0.0988. The third-order valence-corrected chi connectivity index (χ3v) is 3.69. The molecule has 2 nitrogen and oxygen atoms in total. The zero-order valence-corrected chi connectivity index (χ0v) is 12.3. The number of pyridine rings is 1. The third kappa shape index (κ3) is 2.84. The average Bonchev–Trinajstić information content (AvgIpc) is 2.49. The predicted molar refractivity (Wildman–Crippen MR) is 85.7 cm³/mol. The Labute approximate surface area is 124 Å². The molecule has 0 amide bonds. The summed E-state index contributed by atoms with van der Waals surface area (Å²) in [4.78, 5) is 16.9. The molecular formula is C19H17NO. The second-order valence-corrected chi connectivity index (χ2v) is 5.43. The lowest BCUT2D eigenvalue weighted by atomic mass is 10.0. The van der Waals surface area contributed by atoms with E-state index in [0.29, 0.717) is 12.1 Å². The highest BCUT2D eigenvalue weighted by Crippen LogP contribution is 2.18. The Kier molecular flexibility index (Phi) is 3.53. The van der Waals surface area contributed by atoms with Gasteiger partial charge in [0, 0.05) is 11.8 Å². The summed E-state index contributed by atoms with van der Waals surface area (Å²) < 4.78 is 0. The fourth-order valence-electron chi connectivity index (χ4n) is 2.47. The summed E-state index contributed by atoms with van der Waals surface area (Å²) >= 11 is 0. The number of fused-ring (bicyclic) bond motifs is 1. The van der Waals surface area contributed by atoms with E-state index >= 15 is 0 Å². The second-order valence-electron chi connectivity index (χ2n) is 5.43. The van der Waals surface area contributed by atoms with Crippen molar-refractivity contribution >= 4 is 16.7 Å². The van der Waals surface area contributed by atoms with Crippen molar-refractivity contribution in [2.45, 2.75) is 20.3 Å². The van der Waals surface area contributed by atoms with Crippen LogP contribution in [0.1, 0.15) is 27.2 Å². The molecule has 21 heavy (non-hydrogen) atoms. The van der Waals surface area contributed by atoms with Gasteiger partial charge in [-0.15, -0.1) is 0 Å². The molecule has 2 aromatic carbocycles. The SMILES string of the molecule is Cc1ccc(CC(=O)c2cc(C)c3ccccc3n2)cc1. The van der Waals surface area contributed by atoms with E-state index in [9.17, 15) is 4.79 Å². The van der Waals surface area contributed by atoms with Gasteiger partial charge in [-0.05, 0) is 37.1 Å². The molecule has 0 saturated heterocycles. The molecule has 1 aromatic heterocycles. The van der Waals surface area contributed by atoms with Gasteiger partial charge >= 0.3 is 0 Å². The van der Waals surface area contributed by atoms with E-state index in [2.05, 4.69) is 4.98 Å². The Morgan fingerprint density at radius 2 is 1.71 bits per heavy atom. The molecule has 0 spiro atoms. The van der Waals surface area contributed by atoms with Gasteiger partial charge in [-0.2, -0.15) is 0 Å². The van der Waals surface area contributed by atoms with Gasteiger partial charge < -0.3 is 0 Å². The minimum atomic E-state index is 0.0627. The maximum atomic E-state index is 12.4. The number of carbonyl (C=O) groups excluding carboxylic acids is 1. The Bertz CT molecular complexity index is 803. The van der Waals surface area contributed by atoms with E-state index in [1.54, 1.807) is 0 Å². The van der Waals surface area contributed by atoms with Gasteiger partial charge in [0.2, 0.25) is 0 Å². The Morgan fingerprint density at radius 1 is 1.00 bits per heavy atom. The molecule has 0 unspecified atom stereocenters. The molecule has 104 valence electrons. The van der Waals surface area contributed by atoms with Crippen molar-refractivity contribution in [2.24, 2.45) is 0 Å². The molecule has 0 N–H and O–H groups in total. The Morgan fingerprint density at radius 3 is 2.48 bits per heavy atom. The highest BCUT2D eigenvalue weighted by molar-refractivity contribution is 5.98. The second kappa shape index (κ2) is 5.49. The van der Waals surface area contributed by atoms with Gasteiger partial charge in [-0.3, -0.25) is 4.79 Å². The van der Waals surface area contributed by atoms with E-state index in [-0.39, 0.29) is 5.78 Å². The first-order valence-corrected chi connectivity index (χ1v) is 7.08. The first kappa shape index (κ1) is 13.5. The molecular weight excluding hydrogens is 258 g/mol. The lowest BCUT2D eigenvalue weighted by Gasteiger charge is -2.06. The van der Waals surface area contributed by atoms with E-state index in [1.165, 1.54) is 5.56 Å². The molecule has 0 aliphatic heterocycles. The number of aromatic nitrogens is 1. The number of carbonyl (C=O) groups is 1. The van der Waals surface area contributed by atoms with Crippen molar-refractivity contribution in [3.8, 4) is 0 Å². The Balaban J connectivity index is 1.92. The molecule has 0 atom stereocenters. The number of Topliss-reactive ketones (excluding diaryl/α,β-unsaturated/α-hetero) is 1. The minimum Gasteiger partial charge on any atom is -0.292 e. The smallest absolute Gasteiger partial charge is 0.185 e. The molecule has 0 saturated carbocycles. The maximum absolute atomic E-state index is 12.4. The van der Waals surface area contributed by atoms with Crippen LogP contribution >= 0.6 is 0 Å². The molecule has 0 bridgehead atoms. The quantitative estimate of drug-likeness (QED) is 0.668. The summed E-state index contributed by atoms with van der Waals surface area (Å²) in [5, 5.41) is 1.10. The topological polar surface area (TPSA) is 30.0 Å². The number of rotatable bonds is 3. The number of hydrogen-bond acceptors (Lipinski definition) is 2. The number of hydrogen-bond donors (Lipinski definition) is 0. The summed E-state index contributed by atoms with van der Waals surface area (Å²) in [5.41, 5.74) is 4.74. The van der Waals surface area contributed by atoms with Gasteiger partial charge in [-0.25, -0.2) is 4.98 Å². The van der Waals surface area contributed by atoms with Crippen molar-refractivity contribution in [1.82, 2.24) is 4.98 Å². The highest BCUT2D eigenvalue weighted by atomic mass is 16.1. The molecule has 0 fully saturated rings. The third-order valence-electron chi connectivity index (χ3n) is 3.69. The van der Waals surface area contributed by atoms with Crippen molar-refractivity contribution in [3.05, 3.63) is 77.0 Å². The van der Waals surface area contributed by atoms with Crippen LogP contribution in [-0.2, 0) is 6.42 Å². The number of aryl methyl sites for hydroxylation is 2. The number of benzene rings is 2. The minimum absolute atomic E-state index is 0.0627. The summed E-state index contributed by atoms with van der Waals surface area (Å²) in [6.45, 7) is 4.06. The van der Waals surface area contributed by atoms with Crippen LogP contribution in [0.4, 0.5) is 0 Å². The highest BCUT2D eigenvalue weighted by Gasteiger charge is 2.11. The van der Waals surface area contributed by atoms with E-state index in [1.807, 2.05) is 68.4 Å². The molecule has 2 heteroatoms. The zero-order chi connectivity index (χ0) is 14.8. The number of ketones is 1. The lowest BCUT2D eigenvalue weighted by Crippen LogP contribution is -2.07. The molecule has 0 radical (unpaired) electrons. The van der Waals surface area contributed by atoms with Crippen molar-refractivity contribution in [1.29, 1.82) is 0 Å². The van der Waals surface area contributed by atoms with Crippen LogP contribution in [0.25, 0.3) is 10.9 Å². The summed E-state index contributed by atoms with van der Waals surface area (Å²) in [6, 6.07) is 17.9. The predicted octanol–water partition coefficient (Wildman–Crippen LogP) is 4.28. The van der Waals surface area contributed by atoms with E-state index in [4.69, 9.17) is 0 Å².